The van der Waals surface area contributed by atoms with Crippen LogP contribution in [0.15, 0.2) is 36.4 Å². The molecule has 1 aliphatic heterocycles. The predicted octanol–water partition coefficient (Wildman–Crippen LogP) is 4.15. The summed E-state index contributed by atoms with van der Waals surface area (Å²) in [6.07, 6.45) is 0.926. The summed E-state index contributed by atoms with van der Waals surface area (Å²) in [4.78, 5) is 28.8. The van der Waals surface area contributed by atoms with Gasteiger partial charge in [0.2, 0.25) is 5.91 Å². The predicted molar refractivity (Wildman–Crippen MR) is 132 cm³/mol. The molecular formula is C26H35N3O4. The van der Waals surface area contributed by atoms with Crippen molar-refractivity contribution >= 4 is 23.1 Å². The summed E-state index contributed by atoms with van der Waals surface area (Å²) in [5.74, 6) is 1.01. The van der Waals surface area contributed by atoms with E-state index in [9.17, 15) is 9.59 Å². The summed E-state index contributed by atoms with van der Waals surface area (Å²) in [6.45, 7) is 11.5. The summed E-state index contributed by atoms with van der Waals surface area (Å²) in [5, 5.41) is 2.99. The Morgan fingerprint density at radius 3 is 2.42 bits per heavy atom. The Balaban J connectivity index is 1.45. The maximum atomic E-state index is 12.4. The number of ether oxygens (including phenoxy) is 2. The van der Waals surface area contributed by atoms with Gasteiger partial charge in [-0.15, -0.1) is 0 Å². The number of piperazine rings is 1. The molecule has 0 atom stereocenters. The molecule has 3 rings (SSSR count). The monoisotopic (exact) mass is 453 g/mol. The number of ketones is 1. The number of nitrogens with zero attached hydrogens (tertiary/aromatic N) is 2. The van der Waals surface area contributed by atoms with Crippen LogP contribution in [0.4, 0.5) is 11.4 Å². The smallest absolute Gasteiger partial charge is 0.224 e. The van der Waals surface area contributed by atoms with Gasteiger partial charge in [-0.05, 0) is 68.8 Å². The van der Waals surface area contributed by atoms with Gasteiger partial charge in [0, 0.05) is 49.5 Å². The third kappa shape index (κ3) is 6.71. The van der Waals surface area contributed by atoms with Crippen LogP contribution in [0.1, 0.15) is 42.6 Å². The second-order valence-corrected chi connectivity index (χ2v) is 8.34. The summed E-state index contributed by atoms with van der Waals surface area (Å²) in [7, 11) is 1.54. The Labute approximate surface area is 196 Å². The van der Waals surface area contributed by atoms with Gasteiger partial charge < -0.3 is 24.6 Å². The fourth-order valence-corrected chi connectivity index (χ4v) is 4.04. The van der Waals surface area contributed by atoms with Crippen molar-refractivity contribution in [1.82, 2.24) is 4.90 Å². The number of rotatable bonds is 10. The molecule has 178 valence electrons. The molecule has 0 radical (unpaired) electrons. The Morgan fingerprint density at radius 2 is 1.79 bits per heavy atom. The van der Waals surface area contributed by atoms with E-state index in [1.54, 1.807) is 18.2 Å². The summed E-state index contributed by atoms with van der Waals surface area (Å²) < 4.78 is 11.1. The van der Waals surface area contributed by atoms with Gasteiger partial charge in [-0.2, -0.15) is 0 Å². The molecule has 0 bridgehead atoms. The lowest BCUT2D eigenvalue weighted by Crippen LogP contribution is -2.46. The fraction of sp³-hybridized carbons (Fsp3) is 0.462. The Hall–Kier alpha value is -3.06. The van der Waals surface area contributed by atoms with Crippen LogP contribution in [-0.4, -0.2) is 63.0 Å². The molecule has 0 saturated carbocycles. The molecule has 7 nitrogen and oxygen atoms in total. The van der Waals surface area contributed by atoms with Crippen molar-refractivity contribution in [1.29, 1.82) is 0 Å². The number of aryl methyl sites for hydroxylation is 1. The summed E-state index contributed by atoms with van der Waals surface area (Å²) in [5.41, 5.74) is 3.79. The first-order valence-electron chi connectivity index (χ1n) is 11.6. The molecule has 1 saturated heterocycles. The van der Waals surface area contributed by atoms with Crippen LogP contribution in [0.5, 0.6) is 11.5 Å². The van der Waals surface area contributed by atoms with Gasteiger partial charge in [0.15, 0.2) is 17.3 Å². The molecule has 2 aromatic rings. The van der Waals surface area contributed by atoms with Gasteiger partial charge in [0.1, 0.15) is 0 Å². The van der Waals surface area contributed by atoms with Crippen molar-refractivity contribution in [3.8, 4) is 11.5 Å². The molecule has 0 aliphatic carbocycles. The average Bonchev–Trinajstić information content (AvgIpc) is 2.82. The molecule has 33 heavy (non-hydrogen) atoms. The molecular weight excluding hydrogens is 418 g/mol. The van der Waals surface area contributed by atoms with E-state index in [1.807, 2.05) is 12.1 Å². The van der Waals surface area contributed by atoms with Gasteiger partial charge in [-0.1, -0.05) is 6.92 Å². The molecule has 0 unspecified atom stereocenters. The lowest BCUT2D eigenvalue weighted by Gasteiger charge is -2.36. The van der Waals surface area contributed by atoms with Crippen molar-refractivity contribution in [2.24, 2.45) is 0 Å². The average molecular weight is 454 g/mol. The lowest BCUT2D eigenvalue weighted by atomic mass is 10.1. The zero-order chi connectivity index (χ0) is 23.8. The van der Waals surface area contributed by atoms with Gasteiger partial charge in [0.25, 0.3) is 0 Å². The molecule has 0 aromatic heterocycles. The van der Waals surface area contributed by atoms with E-state index in [4.69, 9.17) is 9.47 Å². The molecule has 0 spiro atoms. The van der Waals surface area contributed by atoms with Crippen LogP contribution < -0.4 is 19.7 Å². The maximum absolute atomic E-state index is 12.4. The first kappa shape index (κ1) is 24.6. The Morgan fingerprint density at radius 1 is 1.03 bits per heavy atom. The molecule has 1 aliphatic rings. The van der Waals surface area contributed by atoms with Crippen LogP contribution >= 0.6 is 0 Å². The normalized spacial score (nSPS) is 14.1. The number of benzene rings is 2. The SMILES string of the molecule is CCN1CCN(c2ccc(NC(=O)CCCOc3ccc(C(C)=O)cc3OC)cc2C)CC1. The zero-order valence-corrected chi connectivity index (χ0v) is 20.1. The third-order valence-electron chi connectivity index (χ3n) is 6.02. The maximum Gasteiger partial charge on any atom is 0.224 e. The highest BCUT2D eigenvalue weighted by atomic mass is 16.5. The van der Waals surface area contributed by atoms with Crippen molar-refractivity contribution in [3.05, 3.63) is 47.5 Å². The van der Waals surface area contributed by atoms with Crippen LogP contribution in [0.25, 0.3) is 0 Å². The minimum absolute atomic E-state index is 0.0288. The van der Waals surface area contributed by atoms with Crippen LogP contribution in [-0.2, 0) is 4.79 Å². The molecule has 7 heteroatoms. The second-order valence-electron chi connectivity index (χ2n) is 8.34. The van der Waals surface area contributed by atoms with Crippen molar-refractivity contribution in [2.75, 3.05) is 56.7 Å². The van der Waals surface area contributed by atoms with Crippen molar-refractivity contribution in [2.45, 2.75) is 33.6 Å². The minimum atomic E-state index is -0.0406. The number of carbonyl (C=O) groups is 2. The second kappa shape index (κ2) is 11.7. The first-order chi connectivity index (χ1) is 15.9. The minimum Gasteiger partial charge on any atom is -0.493 e. The van der Waals surface area contributed by atoms with E-state index in [-0.39, 0.29) is 11.7 Å². The number of methoxy groups -OCH3 is 1. The number of hydrogen-bond acceptors (Lipinski definition) is 6. The number of hydrogen-bond donors (Lipinski definition) is 1. The number of nitrogens with one attached hydrogen (secondary N) is 1. The third-order valence-corrected chi connectivity index (χ3v) is 6.02. The standard InChI is InChI=1S/C26H35N3O4/c1-5-28-12-14-29(15-13-28)23-10-9-22(17-19(23)2)27-26(31)7-6-16-33-24-11-8-21(20(3)30)18-25(24)32-4/h8-11,17-18H,5-7,12-16H2,1-4H3,(H,27,31). The topological polar surface area (TPSA) is 71.1 Å². The van der Waals surface area contributed by atoms with E-state index in [2.05, 4.69) is 35.0 Å². The van der Waals surface area contributed by atoms with Crippen molar-refractivity contribution < 1.29 is 19.1 Å². The first-order valence-corrected chi connectivity index (χ1v) is 11.6. The highest BCUT2D eigenvalue weighted by Gasteiger charge is 2.17. The zero-order valence-electron chi connectivity index (χ0n) is 20.1. The van der Waals surface area contributed by atoms with E-state index in [0.717, 1.165) is 38.4 Å². The molecule has 1 N–H and O–H groups in total. The molecule has 2 aromatic carbocycles. The summed E-state index contributed by atoms with van der Waals surface area (Å²) in [6, 6.07) is 11.2. The fourth-order valence-electron chi connectivity index (χ4n) is 4.04. The number of anilines is 2. The van der Waals surface area contributed by atoms with E-state index >= 15 is 0 Å². The number of Topliss-reactive ketones (excluding diaryl/α,β-unsaturated/α-hetero) is 1. The van der Waals surface area contributed by atoms with Crippen LogP contribution in [0.3, 0.4) is 0 Å². The van der Waals surface area contributed by atoms with E-state index in [1.165, 1.54) is 25.3 Å². The van der Waals surface area contributed by atoms with Gasteiger partial charge in [-0.3, -0.25) is 9.59 Å². The molecule has 1 heterocycles. The van der Waals surface area contributed by atoms with Gasteiger partial charge in [0.05, 0.1) is 13.7 Å². The van der Waals surface area contributed by atoms with E-state index in [0.29, 0.717) is 36.5 Å². The summed E-state index contributed by atoms with van der Waals surface area (Å²) >= 11 is 0. The van der Waals surface area contributed by atoms with Crippen LogP contribution in [0, 0.1) is 6.92 Å². The van der Waals surface area contributed by atoms with Crippen molar-refractivity contribution in [3.63, 3.8) is 0 Å². The number of likely N-dealkylation sites (N-methyl/N-ethyl adjacent to an activating group) is 1. The van der Waals surface area contributed by atoms with Gasteiger partial charge in [-0.25, -0.2) is 0 Å². The van der Waals surface area contributed by atoms with E-state index < -0.39 is 0 Å². The molecule has 1 amide bonds. The Bertz CT molecular complexity index is 968. The highest BCUT2D eigenvalue weighted by Crippen LogP contribution is 2.28. The highest BCUT2D eigenvalue weighted by molar-refractivity contribution is 5.94. The quantitative estimate of drug-likeness (QED) is 0.431. The van der Waals surface area contributed by atoms with Gasteiger partial charge >= 0.3 is 0 Å². The lowest BCUT2D eigenvalue weighted by molar-refractivity contribution is -0.116. The number of amides is 1. The largest absolute Gasteiger partial charge is 0.493 e. The molecule has 1 fully saturated rings. The number of carbonyl (C=O) groups excluding carboxylic acids is 2. The van der Waals surface area contributed by atoms with Crippen LogP contribution in [0.2, 0.25) is 0 Å². The Kier molecular flexibility index (Phi) is 8.72.